The average Bonchev–Trinajstić information content (AvgIpc) is 3.14. The van der Waals surface area contributed by atoms with E-state index in [1.807, 2.05) is 12.1 Å². The van der Waals surface area contributed by atoms with Crippen LogP contribution in [0, 0.1) is 0 Å². The van der Waals surface area contributed by atoms with E-state index in [2.05, 4.69) is 53.1 Å². The predicted octanol–water partition coefficient (Wildman–Crippen LogP) is 6.06. The molecule has 0 atom stereocenters. The Hall–Kier alpha value is -3.79. The van der Waals surface area contributed by atoms with Crippen molar-refractivity contribution >= 4 is 33.3 Å². The first kappa shape index (κ1) is 17.3. The smallest absolute Gasteiger partial charge is 0.339 e. The van der Waals surface area contributed by atoms with E-state index in [1.54, 1.807) is 6.07 Å². The number of aromatic hydroxyl groups is 1. The number of phenols is 1. The van der Waals surface area contributed by atoms with Gasteiger partial charge in [-0.2, -0.15) is 0 Å². The number of carbonyl (C=O) groups is 1. The molecule has 0 saturated heterocycles. The Kier molecular flexibility index (Phi) is 3.98. The van der Waals surface area contributed by atoms with Gasteiger partial charge in [-0.15, -0.1) is 0 Å². The van der Waals surface area contributed by atoms with Crippen LogP contribution in [0.1, 0.15) is 23.2 Å². The van der Waals surface area contributed by atoms with Crippen molar-refractivity contribution in [1.82, 2.24) is 4.57 Å². The van der Waals surface area contributed by atoms with E-state index in [0.717, 1.165) is 51.5 Å². The van der Waals surface area contributed by atoms with Crippen molar-refractivity contribution in [2.75, 3.05) is 0 Å². The second-order valence-electron chi connectivity index (χ2n) is 7.23. The van der Waals surface area contributed by atoms with E-state index in [0.29, 0.717) is 0 Å². The number of rotatable bonds is 3. The third-order valence-corrected chi connectivity index (χ3v) is 5.47. The van der Waals surface area contributed by atoms with Crippen molar-refractivity contribution in [2.45, 2.75) is 12.8 Å². The zero-order valence-corrected chi connectivity index (χ0v) is 15.7. The number of benzene rings is 3. The summed E-state index contributed by atoms with van der Waals surface area (Å²) < 4.78 is 2.18. The zero-order valence-electron chi connectivity index (χ0n) is 15.7. The lowest BCUT2D eigenvalue weighted by atomic mass is 10.0. The number of hydrogen-bond acceptors (Lipinski definition) is 2. The van der Waals surface area contributed by atoms with E-state index in [-0.39, 0.29) is 11.3 Å². The van der Waals surface area contributed by atoms with Gasteiger partial charge in [0.2, 0.25) is 0 Å². The Morgan fingerprint density at radius 2 is 1.79 bits per heavy atom. The summed E-state index contributed by atoms with van der Waals surface area (Å²) >= 11 is 0. The molecule has 4 nitrogen and oxygen atoms in total. The van der Waals surface area contributed by atoms with Crippen molar-refractivity contribution in [3.05, 3.63) is 84.5 Å². The predicted molar refractivity (Wildman–Crippen MR) is 116 cm³/mol. The van der Waals surface area contributed by atoms with Gasteiger partial charge in [0.15, 0.2) is 0 Å². The number of hydrogen-bond donors (Lipinski definition) is 2. The second-order valence-corrected chi connectivity index (χ2v) is 7.23. The van der Waals surface area contributed by atoms with Gasteiger partial charge in [-0.3, -0.25) is 0 Å². The van der Waals surface area contributed by atoms with Crippen LogP contribution in [0.4, 0.5) is 0 Å². The Labute approximate surface area is 167 Å². The maximum absolute atomic E-state index is 11.5. The molecule has 0 saturated carbocycles. The van der Waals surface area contributed by atoms with E-state index < -0.39 is 5.97 Å². The summed E-state index contributed by atoms with van der Waals surface area (Å²) in [6, 6.07) is 19.3. The van der Waals surface area contributed by atoms with E-state index >= 15 is 0 Å². The van der Waals surface area contributed by atoms with Gasteiger partial charge in [-0.05, 0) is 65.6 Å². The molecule has 0 amide bonds. The maximum Gasteiger partial charge on any atom is 0.339 e. The Morgan fingerprint density at radius 1 is 0.931 bits per heavy atom. The molecule has 0 unspecified atom stereocenters. The van der Waals surface area contributed by atoms with Crippen LogP contribution in [-0.2, 0) is 0 Å². The van der Waals surface area contributed by atoms with Gasteiger partial charge in [0.05, 0.1) is 11.2 Å². The number of aromatic nitrogens is 1. The summed E-state index contributed by atoms with van der Waals surface area (Å²) in [5.74, 6) is -1.37. The van der Waals surface area contributed by atoms with Crippen LogP contribution in [0.3, 0.4) is 0 Å². The number of allylic oxidation sites excluding steroid dienone is 4. The highest BCUT2D eigenvalue weighted by molar-refractivity contribution is 6.10. The molecule has 3 aromatic carbocycles. The van der Waals surface area contributed by atoms with E-state index in [4.69, 9.17) is 0 Å². The van der Waals surface area contributed by atoms with Crippen LogP contribution in [0.15, 0.2) is 78.9 Å². The number of carboxylic acid groups (broad SMARTS) is 1. The SMILES string of the molecule is O=C(O)c1cc(-c2cc3c4ccccc4ccc3n2C2=CCCC=C2)ccc1O. The van der Waals surface area contributed by atoms with Crippen LogP contribution in [0.5, 0.6) is 5.75 Å². The number of nitrogens with zero attached hydrogens (tertiary/aromatic N) is 1. The summed E-state index contributed by atoms with van der Waals surface area (Å²) in [7, 11) is 0. The summed E-state index contributed by atoms with van der Waals surface area (Å²) in [6.45, 7) is 0. The molecular formula is C25H19NO3. The molecule has 0 spiro atoms. The first-order valence-corrected chi connectivity index (χ1v) is 9.60. The van der Waals surface area contributed by atoms with Gasteiger partial charge in [0.25, 0.3) is 0 Å². The molecule has 0 radical (unpaired) electrons. The fraction of sp³-hybridized carbons (Fsp3) is 0.0800. The summed E-state index contributed by atoms with van der Waals surface area (Å²) in [4.78, 5) is 11.5. The monoisotopic (exact) mass is 381 g/mol. The summed E-state index contributed by atoms with van der Waals surface area (Å²) in [5.41, 5.74) is 3.69. The first-order valence-electron chi connectivity index (χ1n) is 9.60. The quantitative estimate of drug-likeness (QED) is 0.454. The highest BCUT2D eigenvalue weighted by Gasteiger charge is 2.18. The fourth-order valence-corrected chi connectivity index (χ4v) is 4.08. The highest BCUT2D eigenvalue weighted by Crippen LogP contribution is 2.37. The van der Waals surface area contributed by atoms with Crippen LogP contribution in [-0.4, -0.2) is 20.7 Å². The van der Waals surface area contributed by atoms with Gasteiger partial charge >= 0.3 is 5.97 Å². The normalized spacial score (nSPS) is 13.7. The van der Waals surface area contributed by atoms with Crippen LogP contribution >= 0.6 is 0 Å². The minimum atomic E-state index is -1.14. The molecule has 0 aliphatic heterocycles. The van der Waals surface area contributed by atoms with Crippen LogP contribution in [0.25, 0.3) is 38.6 Å². The van der Waals surface area contributed by atoms with E-state index in [9.17, 15) is 15.0 Å². The molecule has 2 N–H and O–H groups in total. The van der Waals surface area contributed by atoms with Gasteiger partial charge in [0.1, 0.15) is 11.3 Å². The largest absolute Gasteiger partial charge is 0.507 e. The lowest BCUT2D eigenvalue weighted by molar-refractivity contribution is 0.0694. The standard InChI is InChI=1S/C25H19NO3/c27-24-13-11-17(14-21(24)25(28)29)23-15-20-19-9-5-4-6-16(19)10-12-22(20)26(23)18-7-2-1-3-8-18/h2,4-15,27H,1,3H2,(H,28,29). The Bertz CT molecular complexity index is 1340. The molecule has 29 heavy (non-hydrogen) atoms. The van der Waals surface area contributed by atoms with Crippen LogP contribution < -0.4 is 0 Å². The summed E-state index contributed by atoms with van der Waals surface area (Å²) in [6.07, 6.45) is 8.46. The lowest BCUT2D eigenvalue weighted by Gasteiger charge is -2.15. The zero-order chi connectivity index (χ0) is 20.0. The molecule has 1 heterocycles. The third kappa shape index (κ3) is 2.81. The molecular weight excluding hydrogens is 362 g/mol. The number of carboxylic acids is 1. The highest BCUT2D eigenvalue weighted by atomic mass is 16.4. The first-order chi connectivity index (χ1) is 14.1. The molecule has 4 aromatic rings. The second kappa shape index (κ2) is 6.67. The molecule has 1 aliphatic carbocycles. The molecule has 0 bridgehead atoms. The van der Waals surface area contributed by atoms with Crippen molar-refractivity contribution < 1.29 is 15.0 Å². The van der Waals surface area contributed by atoms with Gasteiger partial charge in [0, 0.05) is 11.1 Å². The lowest BCUT2D eigenvalue weighted by Crippen LogP contribution is -2.01. The molecule has 4 heteroatoms. The van der Waals surface area contributed by atoms with E-state index in [1.165, 1.54) is 12.1 Å². The minimum absolute atomic E-state index is 0.0997. The Morgan fingerprint density at radius 3 is 2.59 bits per heavy atom. The van der Waals surface area contributed by atoms with Crippen LogP contribution in [0.2, 0.25) is 0 Å². The van der Waals surface area contributed by atoms with Crippen molar-refractivity contribution in [2.24, 2.45) is 0 Å². The molecule has 1 aliphatic rings. The van der Waals surface area contributed by atoms with Gasteiger partial charge in [-0.25, -0.2) is 4.79 Å². The van der Waals surface area contributed by atoms with Gasteiger partial charge < -0.3 is 14.8 Å². The molecule has 1 aromatic heterocycles. The minimum Gasteiger partial charge on any atom is -0.507 e. The number of aromatic carboxylic acids is 1. The van der Waals surface area contributed by atoms with Crippen molar-refractivity contribution in [1.29, 1.82) is 0 Å². The van der Waals surface area contributed by atoms with Gasteiger partial charge in [-0.1, -0.05) is 42.5 Å². The van der Waals surface area contributed by atoms with Crippen molar-refractivity contribution in [3.8, 4) is 17.0 Å². The average molecular weight is 381 g/mol. The third-order valence-electron chi connectivity index (χ3n) is 5.47. The maximum atomic E-state index is 11.5. The summed E-state index contributed by atoms with van der Waals surface area (Å²) in [5, 5.41) is 22.8. The topological polar surface area (TPSA) is 62.5 Å². The molecule has 5 rings (SSSR count). The molecule has 0 fully saturated rings. The Balaban J connectivity index is 1.86. The fourth-order valence-electron chi connectivity index (χ4n) is 4.08. The molecule has 142 valence electrons. The van der Waals surface area contributed by atoms with Crippen molar-refractivity contribution in [3.63, 3.8) is 0 Å². The number of fused-ring (bicyclic) bond motifs is 3.